The van der Waals surface area contributed by atoms with Gasteiger partial charge in [0, 0.05) is 13.3 Å². The van der Waals surface area contributed by atoms with Gasteiger partial charge in [0.15, 0.2) is 5.72 Å². The average molecular weight is 167 g/mol. The third-order valence-electron chi connectivity index (χ3n) is 1.75. The summed E-state index contributed by atoms with van der Waals surface area (Å²) in [6, 6.07) is 0. The number of hydrogen-bond acceptors (Lipinski definition) is 2. The van der Waals surface area contributed by atoms with Crippen LogP contribution in [0.25, 0.3) is 0 Å². The molecule has 0 spiro atoms. The van der Waals surface area contributed by atoms with Crippen molar-refractivity contribution in [2.45, 2.75) is 26.0 Å². The number of rotatable bonds is 1. The van der Waals surface area contributed by atoms with Crippen LogP contribution in [0.15, 0.2) is 23.8 Å². The second kappa shape index (κ2) is 3.11. The fraction of sp³-hybridized carbons (Fsp3) is 0.444. The Morgan fingerprint density at radius 2 is 2.42 bits per heavy atom. The highest BCUT2D eigenvalue weighted by atomic mass is 16.3. The molecule has 3 nitrogen and oxygen atoms in total. The largest absolute Gasteiger partial charge is 0.367 e. The molecule has 0 fully saturated rings. The third kappa shape index (κ3) is 2.20. The summed E-state index contributed by atoms with van der Waals surface area (Å²) in [7, 11) is 0. The van der Waals surface area contributed by atoms with Gasteiger partial charge in [-0.25, -0.2) is 0 Å². The van der Waals surface area contributed by atoms with Crippen LogP contribution in [0.3, 0.4) is 0 Å². The van der Waals surface area contributed by atoms with Gasteiger partial charge in [0.2, 0.25) is 5.91 Å². The van der Waals surface area contributed by atoms with Crippen LogP contribution in [-0.4, -0.2) is 16.7 Å². The van der Waals surface area contributed by atoms with E-state index in [9.17, 15) is 9.90 Å². The molecule has 0 aromatic rings. The zero-order valence-corrected chi connectivity index (χ0v) is 7.29. The van der Waals surface area contributed by atoms with Gasteiger partial charge >= 0.3 is 0 Å². The fourth-order valence-electron chi connectivity index (χ4n) is 1.12. The van der Waals surface area contributed by atoms with Crippen molar-refractivity contribution in [3.63, 3.8) is 0 Å². The van der Waals surface area contributed by atoms with E-state index in [-0.39, 0.29) is 5.91 Å². The number of amides is 1. The van der Waals surface area contributed by atoms with Crippen molar-refractivity contribution in [2.24, 2.45) is 0 Å². The molecular formula is C9H13NO2. The second-order valence-electron chi connectivity index (χ2n) is 3.09. The van der Waals surface area contributed by atoms with Gasteiger partial charge < -0.3 is 10.4 Å². The maximum atomic E-state index is 10.7. The number of carbonyl (C=O) groups is 1. The van der Waals surface area contributed by atoms with Crippen LogP contribution in [0.1, 0.15) is 20.3 Å². The lowest BCUT2D eigenvalue weighted by molar-refractivity contribution is -0.124. The zero-order valence-electron chi connectivity index (χ0n) is 7.29. The molecule has 0 heterocycles. The van der Waals surface area contributed by atoms with E-state index in [2.05, 4.69) is 5.32 Å². The average Bonchev–Trinajstić information content (AvgIpc) is 1.94. The van der Waals surface area contributed by atoms with Crippen molar-refractivity contribution in [2.75, 3.05) is 0 Å². The van der Waals surface area contributed by atoms with Crippen LogP contribution >= 0.6 is 0 Å². The van der Waals surface area contributed by atoms with E-state index in [0.717, 1.165) is 5.57 Å². The molecule has 0 radical (unpaired) electrons. The first-order valence-corrected chi connectivity index (χ1v) is 3.89. The minimum atomic E-state index is -1.18. The second-order valence-corrected chi connectivity index (χ2v) is 3.09. The van der Waals surface area contributed by atoms with Crippen LogP contribution in [-0.2, 0) is 4.79 Å². The first kappa shape index (κ1) is 9.00. The molecule has 1 rings (SSSR count). The lowest BCUT2D eigenvalue weighted by Crippen LogP contribution is -2.46. The molecule has 0 bridgehead atoms. The van der Waals surface area contributed by atoms with Crippen LogP contribution in [0.4, 0.5) is 0 Å². The standard InChI is InChI=1S/C9H13NO2/c1-7-3-5-9(12,6-4-7)10-8(2)11/h3-5,12H,6H2,1-2H3,(H,10,11). The first-order valence-electron chi connectivity index (χ1n) is 3.89. The molecule has 12 heavy (non-hydrogen) atoms. The van der Waals surface area contributed by atoms with E-state index in [1.165, 1.54) is 6.92 Å². The van der Waals surface area contributed by atoms with Crippen molar-refractivity contribution >= 4 is 5.91 Å². The van der Waals surface area contributed by atoms with Gasteiger partial charge in [-0.3, -0.25) is 4.79 Å². The van der Waals surface area contributed by atoms with Gasteiger partial charge in [-0.2, -0.15) is 0 Å². The monoisotopic (exact) mass is 167 g/mol. The van der Waals surface area contributed by atoms with Gasteiger partial charge in [0.25, 0.3) is 0 Å². The van der Waals surface area contributed by atoms with E-state index in [1.54, 1.807) is 12.2 Å². The topological polar surface area (TPSA) is 49.3 Å². The van der Waals surface area contributed by atoms with E-state index in [1.807, 2.05) is 13.0 Å². The van der Waals surface area contributed by atoms with Crippen molar-refractivity contribution < 1.29 is 9.90 Å². The Labute approximate surface area is 71.8 Å². The summed E-state index contributed by atoms with van der Waals surface area (Å²) in [6.45, 7) is 3.33. The summed E-state index contributed by atoms with van der Waals surface area (Å²) in [5.41, 5.74) is -0.0734. The third-order valence-corrected chi connectivity index (χ3v) is 1.75. The molecule has 1 unspecified atom stereocenters. The molecule has 1 atom stereocenters. The SMILES string of the molecule is CC(=O)NC1(O)C=CC(C)=CC1. The van der Waals surface area contributed by atoms with Gasteiger partial charge in [-0.1, -0.05) is 17.7 Å². The number of nitrogens with one attached hydrogen (secondary N) is 1. The van der Waals surface area contributed by atoms with Gasteiger partial charge in [0.1, 0.15) is 0 Å². The summed E-state index contributed by atoms with van der Waals surface area (Å²) in [4.78, 5) is 10.7. The van der Waals surface area contributed by atoms with E-state index < -0.39 is 5.72 Å². The molecule has 1 amide bonds. The smallest absolute Gasteiger partial charge is 0.219 e. The number of aliphatic hydroxyl groups is 1. The molecule has 66 valence electrons. The minimum Gasteiger partial charge on any atom is -0.367 e. The molecular weight excluding hydrogens is 154 g/mol. The molecule has 0 aromatic carbocycles. The Morgan fingerprint density at radius 1 is 1.75 bits per heavy atom. The molecule has 3 heteroatoms. The fourth-order valence-corrected chi connectivity index (χ4v) is 1.12. The minimum absolute atomic E-state index is 0.227. The normalized spacial score (nSPS) is 28.1. The Morgan fingerprint density at radius 3 is 2.83 bits per heavy atom. The molecule has 1 aliphatic rings. The number of hydrogen-bond donors (Lipinski definition) is 2. The van der Waals surface area contributed by atoms with Crippen LogP contribution in [0.2, 0.25) is 0 Å². The van der Waals surface area contributed by atoms with Crippen molar-refractivity contribution in [1.82, 2.24) is 5.32 Å². The molecule has 0 saturated carbocycles. The van der Waals surface area contributed by atoms with E-state index in [4.69, 9.17) is 0 Å². The summed E-state index contributed by atoms with van der Waals surface area (Å²) >= 11 is 0. The lowest BCUT2D eigenvalue weighted by atomic mass is 10.0. The van der Waals surface area contributed by atoms with Gasteiger partial charge in [-0.05, 0) is 13.0 Å². The van der Waals surface area contributed by atoms with E-state index in [0.29, 0.717) is 6.42 Å². The predicted molar refractivity (Wildman–Crippen MR) is 46.3 cm³/mol. The number of allylic oxidation sites excluding steroid dienone is 2. The Bertz CT molecular complexity index is 255. The Balaban J connectivity index is 2.65. The Kier molecular flexibility index (Phi) is 2.33. The Hall–Kier alpha value is -1.09. The van der Waals surface area contributed by atoms with Crippen molar-refractivity contribution in [1.29, 1.82) is 0 Å². The quantitative estimate of drug-likeness (QED) is 0.565. The van der Waals surface area contributed by atoms with Crippen LogP contribution in [0.5, 0.6) is 0 Å². The summed E-state index contributed by atoms with van der Waals surface area (Å²) in [5, 5.41) is 12.2. The maximum Gasteiger partial charge on any atom is 0.219 e. The molecule has 1 aliphatic carbocycles. The van der Waals surface area contributed by atoms with Gasteiger partial charge in [-0.15, -0.1) is 0 Å². The zero-order chi connectivity index (χ0) is 9.19. The summed E-state index contributed by atoms with van der Waals surface area (Å²) in [6.07, 6.45) is 5.72. The maximum absolute atomic E-state index is 10.7. The van der Waals surface area contributed by atoms with Crippen LogP contribution < -0.4 is 5.32 Å². The predicted octanol–water partition coefficient (Wildman–Crippen LogP) is 0.717. The van der Waals surface area contributed by atoms with E-state index >= 15 is 0 Å². The molecule has 0 aromatic heterocycles. The van der Waals surface area contributed by atoms with Crippen molar-refractivity contribution in [3.8, 4) is 0 Å². The highest BCUT2D eigenvalue weighted by molar-refractivity contribution is 5.74. The molecule has 0 aliphatic heterocycles. The summed E-state index contributed by atoms with van der Waals surface area (Å²) in [5.74, 6) is -0.227. The highest BCUT2D eigenvalue weighted by Gasteiger charge is 2.24. The van der Waals surface area contributed by atoms with Crippen molar-refractivity contribution in [3.05, 3.63) is 23.8 Å². The first-order chi connectivity index (χ1) is 5.52. The van der Waals surface area contributed by atoms with Gasteiger partial charge in [0.05, 0.1) is 0 Å². The lowest BCUT2D eigenvalue weighted by Gasteiger charge is -2.26. The number of carbonyl (C=O) groups excluding carboxylic acids is 1. The molecule has 0 saturated heterocycles. The molecule has 2 N–H and O–H groups in total. The highest BCUT2D eigenvalue weighted by Crippen LogP contribution is 2.17. The van der Waals surface area contributed by atoms with Crippen LogP contribution in [0, 0.1) is 0 Å². The summed E-state index contributed by atoms with van der Waals surface area (Å²) < 4.78 is 0.